The normalized spacial score (nSPS) is 12.3. The van der Waals surface area contributed by atoms with Crippen LogP contribution in [0.3, 0.4) is 0 Å². The van der Waals surface area contributed by atoms with E-state index in [1.54, 1.807) is 31.6 Å². The first kappa shape index (κ1) is 22.8. The SMILES string of the molecule is CC(C)(C)c1cc(C(F)(F)F)n2nc(C(=O)Nc3nn(Cc4ccccc4)cc3Cl)cc2n1. The van der Waals surface area contributed by atoms with Crippen LogP contribution in [0.2, 0.25) is 5.02 Å². The molecule has 0 aliphatic rings. The summed E-state index contributed by atoms with van der Waals surface area (Å²) >= 11 is 6.19. The van der Waals surface area contributed by atoms with Crippen LogP contribution in [0.25, 0.3) is 5.65 Å². The Morgan fingerprint density at radius 2 is 1.79 bits per heavy atom. The molecule has 0 unspecified atom stereocenters. The number of benzene rings is 1. The fourth-order valence-corrected chi connectivity index (χ4v) is 3.37. The van der Waals surface area contributed by atoms with Crippen molar-refractivity contribution in [2.45, 2.75) is 38.9 Å². The molecule has 0 radical (unpaired) electrons. The minimum atomic E-state index is -4.68. The number of rotatable bonds is 4. The Hall–Kier alpha value is -3.40. The fourth-order valence-electron chi connectivity index (χ4n) is 3.18. The molecule has 3 aromatic heterocycles. The van der Waals surface area contributed by atoms with Gasteiger partial charge in [0.05, 0.1) is 12.2 Å². The highest BCUT2D eigenvalue weighted by atomic mass is 35.5. The lowest BCUT2D eigenvalue weighted by Gasteiger charge is -2.19. The second-order valence-corrected chi connectivity index (χ2v) is 8.94. The Kier molecular flexibility index (Phi) is 5.65. The van der Waals surface area contributed by atoms with E-state index in [2.05, 4.69) is 20.5 Å². The second kappa shape index (κ2) is 8.18. The van der Waals surface area contributed by atoms with Crippen molar-refractivity contribution in [3.63, 3.8) is 0 Å². The molecule has 11 heteroatoms. The zero-order valence-electron chi connectivity index (χ0n) is 18.0. The smallest absolute Gasteiger partial charge is 0.302 e. The van der Waals surface area contributed by atoms with Gasteiger partial charge in [-0.15, -0.1) is 0 Å². The molecule has 172 valence electrons. The maximum absolute atomic E-state index is 13.7. The van der Waals surface area contributed by atoms with Crippen LogP contribution in [0, 0.1) is 0 Å². The van der Waals surface area contributed by atoms with Crippen molar-refractivity contribution in [3.8, 4) is 0 Å². The Bertz CT molecular complexity index is 1320. The minimum Gasteiger partial charge on any atom is -0.302 e. The van der Waals surface area contributed by atoms with Crippen LogP contribution >= 0.6 is 11.6 Å². The molecular weight excluding hydrogens is 457 g/mol. The zero-order valence-corrected chi connectivity index (χ0v) is 18.7. The zero-order chi connectivity index (χ0) is 24.0. The van der Waals surface area contributed by atoms with Crippen molar-refractivity contribution >= 4 is 29.0 Å². The van der Waals surface area contributed by atoms with E-state index in [1.807, 2.05) is 30.3 Å². The van der Waals surface area contributed by atoms with Gasteiger partial charge in [0.1, 0.15) is 10.7 Å². The summed E-state index contributed by atoms with van der Waals surface area (Å²) in [6, 6.07) is 11.7. The van der Waals surface area contributed by atoms with E-state index >= 15 is 0 Å². The van der Waals surface area contributed by atoms with Crippen LogP contribution < -0.4 is 5.32 Å². The largest absolute Gasteiger partial charge is 0.433 e. The van der Waals surface area contributed by atoms with Crippen LogP contribution in [-0.2, 0) is 18.1 Å². The van der Waals surface area contributed by atoms with Gasteiger partial charge in [0.2, 0.25) is 0 Å². The summed E-state index contributed by atoms with van der Waals surface area (Å²) in [6.07, 6.45) is -3.13. The number of aromatic nitrogens is 5. The van der Waals surface area contributed by atoms with E-state index in [4.69, 9.17) is 11.6 Å². The van der Waals surface area contributed by atoms with Crippen molar-refractivity contribution in [1.82, 2.24) is 24.4 Å². The maximum Gasteiger partial charge on any atom is 0.433 e. The monoisotopic (exact) mass is 476 g/mol. The van der Waals surface area contributed by atoms with E-state index in [0.717, 1.165) is 11.6 Å². The van der Waals surface area contributed by atoms with Crippen molar-refractivity contribution in [3.05, 3.63) is 76.3 Å². The molecule has 0 atom stereocenters. The van der Waals surface area contributed by atoms with Crippen molar-refractivity contribution < 1.29 is 18.0 Å². The predicted octanol–water partition coefficient (Wildman–Crippen LogP) is 5.20. The van der Waals surface area contributed by atoms with Gasteiger partial charge in [-0.25, -0.2) is 9.50 Å². The number of carbonyl (C=O) groups is 1. The van der Waals surface area contributed by atoms with E-state index in [9.17, 15) is 18.0 Å². The van der Waals surface area contributed by atoms with Crippen LogP contribution in [0.4, 0.5) is 19.0 Å². The molecule has 1 N–H and O–H groups in total. The number of alkyl halides is 3. The van der Waals surface area contributed by atoms with Gasteiger partial charge >= 0.3 is 6.18 Å². The van der Waals surface area contributed by atoms with Gasteiger partial charge in [0.25, 0.3) is 5.91 Å². The second-order valence-electron chi connectivity index (χ2n) is 8.54. The van der Waals surface area contributed by atoms with Crippen LogP contribution in [-0.4, -0.2) is 30.3 Å². The van der Waals surface area contributed by atoms with Crippen molar-refractivity contribution in [2.24, 2.45) is 0 Å². The quantitative estimate of drug-likeness (QED) is 0.439. The molecule has 0 fully saturated rings. The Labute approximate surface area is 192 Å². The molecule has 4 rings (SSSR count). The van der Waals surface area contributed by atoms with E-state index in [1.165, 1.54) is 6.07 Å². The number of hydrogen-bond donors (Lipinski definition) is 1. The van der Waals surface area contributed by atoms with Crippen molar-refractivity contribution in [1.29, 1.82) is 0 Å². The lowest BCUT2D eigenvalue weighted by atomic mass is 9.91. The molecule has 1 aromatic carbocycles. The molecule has 0 saturated heterocycles. The van der Waals surface area contributed by atoms with Crippen LogP contribution in [0.15, 0.2) is 48.7 Å². The molecule has 0 saturated carbocycles. The van der Waals surface area contributed by atoms with Gasteiger partial charge in [-0.3, -0.25) is 9.48 Å². The summed E-state index contributed by atoms with van der Waals surface area (Å²) in [7, 11) is 0. The predicted molar refractivity (Wildman–Crippen MR) is 117 cm³/mol. The standard InChI is InChI=1S/C22H20ClF3N6O/c1-21(2,3)16-10-17(22(24,25)26)32-18(27-16)9-15(29-32)20(33)28-19-14(23)12-31(30-19)11-13-7-5-4-6-8-13/h4-10,12H,11H2,1-3H3,(H,28,30,33). The van der Waals surface area contributed by atoms with E-state index < -0.39 is 23.2 Å². The molecule has 33 heavy (non-hydrogen) atoms. The number of carbonyl (C=O) groups excluding carboxylic acids is 1. The number of hydrogen-bond acceptors (Lipinski definition) is 4. The maximum atomic E-state index is 13.7. The highest BCUT2D eigenvalue weighted by Crippen LogP contribution is 2.32. The Morgan fingerprint density at radius 1 is 1.09 bits per heavy atom. The summed E-state index contributed by atoms with van der Waals surface area (Å²) in [5.41, 5.74) is -0.754. The molecule has 0 bridgehead atoms. The van der Waals surface area contributed by atoms with Gasteiger partial charge in [-0.1, -0.05) is 62.7 Å². The summed E-state index contributed by atoms with van der Waals surface area (Å²) in [6.45, 7) is 5.69. The van der Waals surface area contributed by atoms with Crippen LogP contribution in [0.1, 0.15) is 48.2 Å². The molecule has 1 amide bonds. The van der Waals surface area contributed by atoms with Crippen LogP contribution in [0.5, 0.6) is 0 Å². The summed E-state index contributed by atoms with van der Waals surface area (Å²) in [5.74, 6) is -0.674. The molecule has 7 nitrogen and oxygen atoms in total. The van der Waals surface area contributed by atoms with Gasteiger partial charge in [0.15, 0.2) is 17.2 Å². The topological polar surface area (TPSA) is 77.1 Å². The number of anilines is 1. The third-order valence-electron chi connectivity index (χ3n) is 4.86. The number of amides is 1. The fraction of sp³-hybridized carbons (Fsp3) is 0.273. The third-order valence-corrected chi connectivity index (χ3v) is 5.13. The molecule has 3 heterocycles. The third kappa shape index (κ3) is 4.85. The molecule has 4 aromatic rings. The lowest BCUT2D eigenvalue weighted by Crippen LogP contribution is -2.20. The average Bonchev–Trinajstić information content (AvgIpc) is 3.30. The molecule has 0 aliphatic heterocycles. The number of halogens is 4. The summed E-state index contributed by atoms with van der Waals surface area (Å²) in [5, 5.41) is 10.8. The minimum absolute atomic E-state index is 0.0778. The van der Waals surface area contributed by atoms with Gasteiger partial charge in [-0.2, -0.15) is 23.4 Å². The Balaban J connectivity index is 1.64. The molecule has 0 aliphatic carbocycles. The highest BCUT2D eigenvalue weighted by molar-refractivity contribution is 6.33. The Morgan fingerprint density at radius 3 is 2.42 bits per heavy atom. The van der Waals surface area contributed by atoms with Gasteiger partial charge < -0.3 is 5.32 Å². The number of fused-ring (bicyclic) bond motifs is 1. The van der Waals surface area contributed by atoms with Crippen molar-refractivity contribution in [2.75, 3.05) is 5.32 Å². The highest BCUT2D eigenvalue weighted by Gasteiger charge is 2.36. The summed E-state index contributed by atoms with van der Waals surface area (Å²) in [4.78, 5) is 17.0. The molecular formula is C22H20ClF3N6O. The number of nitrogens with zero attached hydrogens (tertiary/aromatic N) is 5. The summed E-state index contributed by atoms with van der Waals surface area (Å²) < 4.78 is 43.2. The van der Waals surface area contributed by atoms with E-state index in [-0.39, 0.29) is 27.9 Å². The van der Waals surface area contributed by atoms with Gasteiger partial charge in [-0.05, 0) is 11.6 Å². The first-order valence-corrected chi connectivity index (χ1v) is 10.4. The lowest BCUT2D eigenvalue weighted by molar-refractivity contribution is -0.142. The van der Waals surface area contributed by atoms with Gasteiger partial charge in [0, 0.05) is 17.7 Å². The first-order chi connectivity index (χ1) is 15.4. The number of nitrogens with one attached hydrogen (secondary N) is 1. The average molecular weight is 477 g/mol. The van der Waals surface area contributed by atoms with E-state index in [0.29, 0.717) is 11.1 Å². The first-order valence-electron chi connectivity index (χ1n) is 9.98. The molecule has 0 spiro atoms.